The first-order valence-electron chi connectivity index (χ1n) is 4.81. The number of aldehydes is 1. The zero-order valence-electron chi connectivity index (χ0n) is 8.06. The molecule has 1 atom stereocenters. The van der Waals surface area contributed by atoms with Gasteiger partial charge in [-0.05, 0) is 12.8 Å². The molecule has 2 aliphatic rings. The van der Waals surface area contributed by atoms with Crippen LogP contribution in [-0.4, -0.2) is 23.0 Å². The Bertz CT molecular complexity index is 324. The maximum Gasteiger partial charge on any atom is 0.314 e. The Balaban J connectivity index is 2.43. The number of carbonyl (C=O) groups excluding carboxylic acids is 1. The molecule has 0 aromatic rings. The molecule has 1 aliphatic heterocycles. The van der Waals surface area contributed by atoms with Crippen LogP contribution in [-0.2, 0) is 9.59 Å². The number of carboxylic acids is 1. The molecule has 1 unspecified atom stereocenters. The Morgan fingerprint density at radius 3 is 2.47 bits per heavy atom. The summed E-state index contributed by atoms with van der Waals surface area (Å²) in [6.07, 6.45) is 2.98. The first-order chi connectivity index (χ1) is 7.17. The van der Waals surface area contributed by atoms with Gasteiger partial charge in [0.1, 0.15) is 5.41 Å². The topological polar surface area (TPSA) is 103 Å². The Labute approximate surface area is 85.9 Å². The van der Waals surface area contributed by atoms with Crippen molar-refractivity contribution >= 4 is 12.3 Å². The van der Waals surface area contributed by atoms with Crippen LogP contribution >= 0.6 is 0 Å². The molecular weight excluding hydrogens is 200 g/mol. The van der Waals surface area contributed by atoms with E-state index in [-0.39, 0.29) is 0 Å². The number of hydrogen-bond acceptors (Lipinski definition) is 6. The number of nitrogens with one attached hydrogen (secondary N) is 2. The molecule has 7 nitrogen and oxygen atoms in total. The Morgan fingerprint density at radius 2 is 2.07 bits per heavy atom. The van der Waals surface area contributed by atoms with Crippen LogP contribution < -0.4 is 11.0 Å². The van der Waals surface area contributed by atoms with Gasteiger partial charge in [-0.3, -0.25) is 9.59 Å². The van der Waals surface area contributed by atoms with E-state index < -0.39 is 17.0 Å². The molecule has 2 rings (SSSR count). The third kappa shape index (κ3) is 1.16. The molecule has 3 N–H and O–H groups in total. The highest BCUT2D eigenvalue weighted by Crippen LogP contribution is 2.47. The molecular formula is C8H12N4O3. The molecule has 1 heterocycles. The van der Waals surface area contributed by atoms with Crippen LogP contribution in [0.2, 0.25) is 0 Å². The second-order valence-electron chi connectivity index (χ2n) is 3.92. The Morgan fingerprint density at radius 1 is 1.40 bits per heavy atom. The standard InChI is InChI=1S/C8H12N4O3/c13-5-8(9-11-12-10-8)7(6(14)15)3-1-2-4-7/h5H,1-4H2,(H,9,12)(H,10,11)(H,14,15). The van der Waals surface area contributed by atoms with E-state index in [1.807, 2.05) is 0 Å². The fourth-order valence-electron chi connectivity index (χ4n) is 2.36. The zero-order valence-corrected chi connectivity index (χ0v) is 8.06. The van der Waals surface area contributed by atoms with Gasteiger partial charge in [0.15, 0.2) is 6.29 Å². The lowest BCUT2D eigenvalue weighted by molar-refractivity contribution is -0.156. The second kappa shape index (κ2) is 3.27. The molecule has 7 heteroatoms. The second-order valence-corrected chi connectivity index (χ2v) is 3.92. The van der Waals surface area contributed by atoms with Crippen LogP contribution in [0.15, 0.2) is 10.3 Å². The van der Waals surface area contributed by atoms with E-state index in [1.165, 1.54) is 0 Å². The van der Waals surface area contributed by atoms with Crippen LogP contribution in [0.5, 0.6) is 0 Å². The van der Waals surface area contributed by atoms with Gasteiger partial charge in [0.25, 0.3) is 0 Å². The average molecular weight is 212 g/mol. The molecule has 0 amide bonds. The van der Waals surface area contributed by atoms with Gasteiger partial charge < -0.3 is 5.11 Å². The van der Waals surface area contributed by atoms with Gasteiger partial charge in [-0.2, -0.15) is 5.43 Å². The highest BCUT2D eigenvalue weighted by molar-refractivity contribution is 5.84. The van der Waals surface area contributed by atoms with Crippen molar-refractivity contribution in [1.82, 2.24) is 11.0 Å². The molecule has 1 saturated carbocycles. The smallest absolute Gasteiger partial charge is 0.314 e. The summed E-state index contributed by atoms with van der Waals surface area (Å²) in [4.78, 5) is 22.5. The molecule has 1 fully saturated rings. The molecule has 1 aliphatic carbocycles. The van der Waals surface area contributed by atoms with Gasteiger partial charge in [0.2, 0.25) is 5.66 Å². The van der Waals surface area contributed by atoms with Gasteiger partial charge in [0, 0.05) is 0 Å². The summed E-state index contributed by atoms with van der Waals surface area (Å²) < 4.78 is 0. The lowest BCUT2D eigenvalue weighted by Gasteiger charge is -2.34. The zero-order chi connectivity index (χ0) is 10.9. The highest BCUT2D eigenvalue weighted by atomic mass is 16.4. The number of carbonyl (C=O) groups is 2. The van der Waals surface area contributed by atoms with Gasteiger partial charge in [-0.25, -0.2) is 5.53 Å². The van der Waals surface area contributed by atoms with Crippen molar-refractivity contribution in [1.29, 1.82) is 0 Å². The molecule has 82 valence electrons. The van der Waals surface area contributed by atoms with E-state index in [1.54, 1.807) is 0 Å². The summed E-state index contributed by atoms with van der Waals surface area (Å²) in [6, 6.07) is 0. The van der Waals surface area contributed by atoms with E-state index in [0.29, 0.717) is 19.1 Å². The van der Waals surface area contributed by atoms with Crippen LogP contribution in [0.3, 0.4) is 0 Å². The van der Waals surface area contributed by atoms with E-state index in [4.69, 9.17) is 0 Å². The lowest BCUT2D eigenvalue weighted by Crippen LogP contribution is -2.60. The minimum atomic E-state index is -1.45. The normalized spacial score (nSPS) is 32.5. The molecule has 0 aromatic carbocycles. The molecule has 0 aromatic heterocycles. The summed E-state index contributed by atoms with van der Waals surface area (Å²) in [5.74, 6) is -0.998. The SMILES string of the molecule is O=CC1(C2(C(=O)O)CCCC2)N=NNN1. The summed E-state index contributed by atoms with van der Waals surface area (Å²) >= 11 is 0. The summed E-state index contributed by atoms with van der Waals surface area (Å²) in [6.45, 7) is 0. The number of carboxylic acid groups (broad SMARTS) is 1. The van der Waals surface area contributed by atoms with E-state index in [2.05, 4.69) is 21.3 Å². The van der Waals surface area contributed by atoms with Crippen molar-refractivity contribution in [2.24, 2.45) is 15.8 Å². The van der Waals surface area contributed by atoms with Crippen molar-refractivity contribution in [3.8, 4) is 0 Å². The fourth-order valence-corrected chi connectivity index (χ4v) is 2.36. The molecule has 0 saturated heterocycles. The Hall–Kier alpha value is -1.50. The minimum Gasteiger partial charge on any atom is -0.481 e. The predicted octanol–water partition coefficient (Wildman–Crippen LogP) is 0.00160. The highest BCUT2D eigenvalue weighted by Gasteiger charge is 2.60. The third-order valence-electron chi connectivity index (χ3n) is 3.27. The molecule has 0 bridgehead atoms. The first kappa shape index (κ1) is 10.0. The third-order valence-corrected chi connectivity index (χ3v) is 3.27. The van der Waals surface area contributed by atoms with Gasteiger partial charge in [0.05, 0.1) is 0 Å². The minimum absolute atomic E-state index is 0.439. The van der Waals surface area contributed by atoms with Crippen LogP contribution in [0.25, 0.3) is 0 Å². The van der Waals surface area contributed by atoms with Crippen LogP contribution in [0.4, 0.5) is 0 Å². The van der Waals surface area contributed by atoms with Crippen LogP contribution in [0.1, 0.15) is 25.7 Å². The van der Waals surface area contributed by atoms with E-state index in [9.17, 15) is 14.7 Å². The van der Waals surface area contributed by atoms with Crippen molar-refractivity contribution in [2.45, 2.75) is 31.3 Å². The largest absolute Gasteiger partial charge is 0.481 e. The number of rotatable bonds is 3. The number of aliphatic carboxylic acids is 1. The maximum absolute atomic E-state index is 11.3. The number of hydrogen-bond donors (Lipinski definition) is 3. The van der Waals surface area contributed by atoms with Gasteiger partial charge >= 0.3 is 5.97 Å². The summed E-state index contributed by atoms with van der Waals surface area (Å²) in [5.41, 5.74) is 2.27. The molecule has 0 radical (unpaired) electrons. The predicted molar refractivity (Wildman–Crippen MR) is 48.5 cm³/mol. The lowest BCUT2D eigenvalue weighted by atomic mass is 9.74. The fraction of sp³-hybridized carbons (Fsp3) is 0.750. The monoisotopic (exact) mass is 212 g/mol. The molecule has 0 spiro atoms. The average Bonchev–Trinajstić information content (AvgIpc) is 2.88. The maximum atomic E-state index is 11.3. The number of nitrogens with zero attached hydrogens (tertiary/aromatic N) is 2. The summed E-state index contributed by atoms with van der Waals surface area (Å²) in [7, 11) is 0. The van der Waals surface area contributed by atoms with E-state index in [0.717, 1.165) is 12.8 Å². The van der Waals surface area contributed by atoms with Gasteiger partial charge in [-0.15, -0.1) is 5.11 Å². The van der Waals surface area contributed by atoms with Crippen molar-refractivity contribution < 1.29 is 14.7 Å². The van der Waals surface area contributed by atoms with Crippen molar-refractivity contribution in [2.75, 3.05) is 0 Å². The molecule has 15 heavy (non-hydrogen) atoms. The van der Waals surface area contributed by atoms with Gasteiger partial charge in [-0.1, -0.05) is 18.1 Å². The first-order valence-corrected chi connectivity index (χ1v) is 4.81. The van der Waals surface area contributed by atoms with Crippen molar-refractivity contribution in [3.63, 3.8) is 0 Å². The quantitative estimate of drug-likeness (QED) is 0.571. The summed E-state index contributed by atoms with van der Waals surface area (Å²) in [5, 5.41) is 16.5. The number of hydrazine groups is 1. The van der Waals surface area contributed by atoms with Crippen LogP contribution in [0, 0.1) is 5.41 Å². The Kier molecular flexibility index (Phi) is 2.18. The van der Waals surface area contributed by atoms with E-state index >= 15 is 0 Å². The van der Waals surface area contributed by atoms with Crippen molar-refractivity contribution in [3.05, 3.63) is 0 Å².